The van der Waals surface area contributed by atoms with Gasteiger partial charge in [0.1, 0.15) is 0 Å². The Kier molecular flexibility index (Phi) is 10.9. The zero-order valence-electron chi connectivity index (χ0n) is 26.6. The van der Waals surface area contributed by atoms with Crippen molar-refractivity contribution in [2.75, 3.05) is 56.1 Å². The lowest BCUT2D eigenvalue weighted by Gasteiger charge is -2.39. The molecule has 2 aromatic carbocycles. The van der Waals surface area contributed by atoms with Gasteiger partial charge in [0.15, 0.2) is 9.84 Å². The van der Waals surface area contributed by atoms with Gasteiger partial charge in [0, 0.05) is 50.0 Å². The van der Waals surface area contributed by atoms with Crippen molar-refractivity contribution in [2.45, 2.75) is 71.8 Å². The molecule has 236 valence electrons. The largest absolute Gasteiger partial charge is 0.325 e. The van der Waals surface area contributed by atoms with E-state index in [-0.39, 0.29) is 28.9 Å². The van der Waals surface area contributed by atoms with Gasteiger partial charge in [0.2, 0.25) is 0 Å². The Labute approximate surface area is 258 Å². The molecular weight excluding hydrogens is 560 g/mol. The molecule has 9 heteroatoms. The maximum atomic E-state index is 13.0. The van der Waals surface area contributed by atoms with Crippen LogP contribution in [0.2, 0.25) is 0 Å². The minimum absolute atomic E-state index is 0.0129. The number of rotatable bonds is 9. The highest BCUT2D eigenvalue weighted by Crippen LogP contribution is 2.24. The van der Waals surface area contributed by atoms with E-state index in [2.05, 4.69) is 57.0 Å². The second kappa shape index (κ2) is 14.2. The van der Waals surface area contributed by atoms with Crippen LogP contribution in [-0.2, 0) is 21.7 Å². The molecule has 0 aromatic heterocycles. The third kappa shape index (κ3) is 9.29. The zero-order valence-corrected chi connectivity index (χ0v) is 27.5. The number of piperidine rings is 1. The first-order valence-electron chi connectivity index (χ1n) is 15.8. The van der Waals surface area contributed by atoms with Crippen LogP contribution < -0.4 is 5.32 Å². The predicted octanol–water partition coefficient (Wildman–Crippen LogP) is 5.44. The molecule has 0 spiro atoms. The fourth-order valence-electron chi connectivity index (χ4n) is 6.09. The molecule has 2 fully saturated rings. The average molecular weight is 611 g/mol. The number of benzene rings is 2. The first-order valence-corrected chi connectivity index (χ1v) is 17.7. The number of nitrogens with zero attached hydrogens (tertiary/aromatic N) is 3. The van der Waals surface area contributed by atoms with Gasteiger partial charge in [-0.3, -0.25) is 4.79 Å². The molecule has 2 heterocycles. The third-order valence-corrected chi connectivity index (χ3v) is 10.5. The second-order valence-electron chi connectivity index (χ2n) is 13.4. The number of hydrogen-bond donors (Lipinski definition) is 1. The summed E-state index contributed by atoms with van der Waals surface area (Å²) >= 11 is 0. The van der Waals surface area contributed by atoms with Crippen molar-refractivity contribution in [3.05, 3.63) is 65.2 Å². The van der Waals surface area contributed by atoms with E-state index in [0.717, 1.165) is 57.5 Å². The number of carbonyl (C=O) groups is 2. The first-order chi connectivity index (χ1) is 20.3. The van der Waals surface area contributed by atoms with Gasteiger partial charge < -0.3 is 20.0 Å². The van der Waals surface area contributed by atoms with Gasteiger partial charge in [-0.2, -0.15) is 0 Å². The molecule has 4 rings (SSSR count). The summed E-state index contributed by atoms with van der Waals surface area (Å²) in [6.45, 7) is 15.1. The Morgan fingerprint density at radius 2 is 1.60 bits per heavy atom. The average Bonchev–Trinajstić information content (AvgIpc) is 2.97. The molecule has 1 N–H and O–H groups in total. The Morgan fingerprint density at radius 3 is 2.21 bits per heavy atom. The Bertz CT molecular complexity index is 1330. The zero-order chi connectivity index (χ0) is 31.2. The quantitative estimate of drug-likeness (QED) is 0.408. The Balaban J connectivity index is 1.29. The molecule has 8 nitrogen and oxygen atoms in total. The summed E-state index contributed by atoms with van der Waals surface area (Å²) in [5.74, 6) is 0.558. The lowest BCUT2D eigenvalue weighted by molar-refractivity contribution is 0.102. The molecule has 2 aliphatic rings. The summed E-state index contributed by atoms with van der Waals surface area (Å²) in [7, 11) is -3.00. The molecule has 0 saturated carbocycles. The van der Waals surface area contributed by atoms with Gasteiger partial charge in [-0.15, -0.1) is 0 Å². The lowest BCUT2D eigenvalue weighted by Crippen LogP contribution is -2.52. The molecule has 0 aliphatic carbocycles. The highest BCUT2D eigenvalue weighted by Gasteiger charge is 2.31. The molecule has 3 amide bonds. The SMILES string of the molecule is CCCN(CC1CCN(C(=O)N2CCS(=O)(=O)CC2)CC1)C(C)Cc1cccc(NC(=O)c2ccc(C(C)(C)C)cc2)c1. The maximum Gasteiger partial charge on any atom is 0.320 e. The number of amides is 3. The standard InChI is InChI=1S/C34H50N4O4S/c1-6-16-38(25-27-14-17-36(18-15-27)33(40)37-19-21-43(41,42)22-20-37)26(2)23-28-8-7-9-31(24-28)35-32(39)29-10-12-30(13-11-29)34(3,4)5/h7-13,24,26-27H,6,14-23,25H2,1-5H3,(H,35,39). The van der Waals surface area contributed by atoms with Crippen molar-refractivity contribution in [1.29, 1.82) is 0 Å². The van der Waals surface area contributed by atoms with Crippen LogP contribution in [0.25, 0.3) is 0 Å². The van der Waals surface area contributed by atoms with E-state index in [1.165, 1.54) is 11.1 Å². The summed E-state index contributed by atoms with van der Waals surface area (Å²) in [5.41, 5.74) is 3.90. The van der Waals surface area contributed by atoms with Gasteiger partial charge in [-0.05, 0) is 85.9 Å². The van der Waals surface area contributed by atoms with Crippen molar-refractivity contribution in [1.82, 2.24) is 14.7 Å². The van der Waals surface area contributed by atoms with Gasteiger partial charge >= 0.3 is 6.03 Å². The van der Waals surface area contributed by atoms with E-state index >= 15 is 0 Å². The topological polar surface area (TPSA) is 90.0 Å². The first kappa shape index (κ1) is 33.0. The summed E-state index contributed by atoms with van der Waals surface area (Å²) in [4.78, 5) is 32.1. The van der Waals surface area contributed by atoms with Crippen LogP contribution in [0, 0.1) is 5.92 Å². The number of urea groups is 1. The van der Waals surface area contributed by atoms with Gasteiger partial charge in [-0.25, -0.2) is 13.2 Å². The number of anilines is 1. The molecule has 0 bridgehead atoms. The second-order valence-corrected chi connectivity index (χ2v) is 15.7. The minimum atomic E-state index is -3.00. The molecule has 43 heavy (non-hydrogen) atoms. The van der Waals surface area contributed by atoms with Crippen molar-refractivity contribution in [3.63, 3.8) is 0 Å². The summed E-state index contributed by atoms with van der Waals surface area (Å²) in [6.07, 6.45) is 3.88. The lowest BCUT2D eigenvalue weighted by atomic mass is 9.87. The van der Waals surface area contributed by atoms with Crippen LogP contribution in [0.4, 0.5) is 10.5 Å². The number of likely N-dealkylation sites (tertiary alicyclic amines) is 1. The molecular formula is C34H50N4O4S. The number of hydrogen-bond acceptors (Lipinski definition) is 5. The number of carbonyl (C=O) groups excluding carboxylic acids is 2. The van der Waals surface area contributed by atoms with E-state index in [1.807, 2.05) is 41.3 Å². The van der Waals surface area contributed by atoms with E-state index in [9.17, 15) is 18.0 Å². The third-order valence-electron chi connectivity index (χ3n) is 8.86. The van der Waals surface area contributed by atoms with Crippen molar-refractivity contribution >= 4 is 27.5 Å². The highest BCUT2D eigenvalue weighted by atomic mass is 32.2. The van der Waals surface area contributed by atoms with Gasteiger partial charge in [-0.1, -0.05) is 52.0 Å². The van der Waals surface area contributed by atoms with Crippen LogP contribution in [-0.4, -0.2) is 91.9 Å². The summed E-state index contributed by atoms with van der Waals surface area (Å²) < 4.78 is 23.5. The van der Waals surface area contributed by atoms with E-state index in [0.29, 0.717) is 30.6 Å². The van der Waals surface area contributed by atoms with Crippen molar-refractivity contribution in [3.8, 4) is 0 Å². The molecule has 1 atom stereocenters. The monoisotopic (exact) mass is 610 g/mol. The molecule has 1 unspecified atom stereocenters. The highest BCUT2D eigenvalue weighted by molar-refractivity contribution is 7.91. The summed E-state index contributed by atoms with van der Waals surface area (Å²) in [5, 5.41) is 3.07. The fourth-order valence-corrected chi connectivity index (χ4v) is 7.29. The number of sulfone groups is 1. The van der Waals surface area contributed by atoms with Crippen LogP contribution in [0.3, 0.4) is 0 Å². The van der Waals surface area contributed by atoms with Crippen molar-refractivity contribution < 1.29 is 18.0 Å². The van der Waals surface area contributed by atoms with E-state index in [4.69, 9.17) is 0 Å². The van der Waals surface area contributed by atoms with E-state index < -0.39 is 9.84 Å². The minimum Gasteiger partial charge on any atom is -0.325 e. The fraction of sp³-hybridized carbons (Fsp3) is 0.588. The maximum absolute atomic E-state index is 13.0. The molecule has 0 radical (unpaired) electrons. The van der Waals surface area contributed by atoms with Crippen molar-refractivity contribution in [2.24, 2.45) is 5.92 Å². The summed E-state index contributed by atoms with van der Waals surface area (Å²) in [6, 6.07) is 16.3. The van der Waals surface area contributed by atoms with E-state index in [1.54, 1.807) is 4.90 Å². The Morgan fingerprint density at radius 1 is 0.977 bits per heavy atom. The van der Waals surface area contributed by atoms with Crippen LogP contribution in [0.1, 0.15) is 75.4 Å². The smallest absolute Gasteiger partial charge is 0.320 e. The van der Waals surface area contributed by atoms with Gasteiger partial charge in [0.25, 0.3) is 5.91 Å². The normalized spacial score (nSPS) is 18.5. The Hall–Kier alpha value is -2.91. The number of nitrogens with one attached hydrogen (secondary N) is 1. The molecule has 2 aromatic rings. The van der Waals surface area contributed by atoms with Crippen LogP contribution in [0.15, 0.2) is 48.5 Å². The molecule has 2 aliphatic heterocycles. The predicted molar refractivity (Wildman–Crippen MR) is 174 cm³/mol. The van der Waals surface area contributed by atoms with Gasteiger partial charge in [0.05, 0.1) is 11.5 Å². The van der Waals surface area contributed by atoms with Crippen LogP contribution >= 0.6 is 0 Å². The van der Waals surface area contributed by atoms with Crippen LogP contribution in [0.5, 0.6) is 0 Å². The molecule has 2 saturated heterocycles.